The number of aromatic hydroxyl groups is 1. The molecule has 0 saturated carbocycles. The van der Waals surface area contributed by atoms with Crippen LogP contribution in [-0.2, 0) is 11.2 Å². The van der Waals surface area contributed by atoms with E-state index in [0.717, 1.165) is 36.9 Å². The minimum Gasteiger partial charge on any atom is -0.508 e. The van der Waals surface area contributed by atoms with Crippen molar-refractivity contribution in [2.75, 3.05) is 33.3 Å². The number of benzene rings is 2. The molecule has 2 aromatic carbocycles. The van der Waals surface area contributed by atoms with E-state index in [2.05, 4.69) is 16.8 Å². The lowest BCUT2D eigenvalue weighted by atomic mass is 9.81. The molecule has 4 heterocycles. The third kappa shape index (κ3) is 3.74. The number of hydrogen-bond donors (Lipinski definition) is 2. The number of ether oxygens (including phenoxy) is 1. The van der Waals surface area contributed by atoms with E-state index < -0.39 is 17.4 Å². The van der Waals surface area contributed by atoms with E-state index in [1.807, 2.05) is 13.0 Å². The molecule has 2 saturated heterocycles. The summed E-state index contributed by atoms with van der Waals surface area (Å²) < 4.78 is 19.8. The number of phenolic OH excluding ortho intramolecular Hbond substituents is 1. The number of urea groups is 1. The summed E-state index contributed by atoms with van der Waals surface area (Å²) in [6, 6.07) is 8.77. The molecule has 3 aliphatic rings. The molecular weight excluding hydrogens is 487 g/mol. The van der Waals surface area contributed by atoms with Crippen LogP contribution in [0.3, 0.4) is 0 Å². The Morgan fingerprint density at radius 3 is 2.63 bits per heavy atom. The smallest absolute Gasteiger partial charge is 0.328 e. The van der Waals surface area contributed by atoms with Gasteiger partial charge in [-0.2, -0.15) is 0 Å². The number of piperidine rings is 1. The minimum atomic E-state index is -1.13. The quantitative estimate of drug-likeness (QED) is 0.486. The number of rotatable bonds is 5. The number of aromatic amines is 1. The van der Waals surface area contributed by atoms with Crippen LogP contribution >= 0.6 is 0 Å². The summed E-state index contributed by atoms with van der Waals surface area (Å²) in [4.78, 5) is 36.7. The van der Waals surface area contributed by atoms with Crippen LogP contribution in [-0.4, -0.2) is 75.6 Å². The maximum Gasteiger partial charge on any atom is 0.328 e. The predicted octanol–water partition coefficient (Wildman–Crippen LogP) is 4.42. The van der Waals surface area contributed by atoms with E-state index >= 15 is 0 Å². The first-order chi connectivity index (χ1) is 18.2. The highest BCUT2D eigenvalue weighted by Gasteiger charge is 2.60. The summed E-state index contributed by atoms with van der Waals surface area (Å²) in [5.74, 6) is 0.159. The Kier molecular flexibility index (Phi) is 5.86. The molecule has 3 aliphatic heterocycles. The lowest BCUT2D eigenvalue weighted by Crippen LogP contribution is -2.53. The number of carbonyl (C=O) groups is 2. The number of nitrogens with one attached hydrogen (secondary N) is 1. The van der Waals surface area contributed by atoms with Crippen molar-refractivity contribution in [2.45, 2.75) is 44.7 Å². The summed E-state index contributed by atoms with van der Waals surface area (Å²) in [7, 11) is 1.42. The van der Waals surface area contributed by atoms with Crippen molar-refractivity contribution in [1.29, 1.82) is 0 Å². The Morgan fingerprint density at radius 1 is 1.16 bits per heavy atom. The van der Waals surface area contributed by atoms with Crippen LogP contribution in [0.1, 0.15) is 49.6 Å². The molecule has 38 heavy (non-hydrogen) atoms. The van der Waals surface area contributed by atoms with Crippen molar-refractivity contribution in [3.63, 3.8) is 0 Å². The van der Waals surface area contributed by atoms with Gasteiger partial charge in [0, 0.05) is 42.2 Å². The standard InChI is InChI=1S/C29H33FN4O4/c1-17-7-9-32(10-8-17)11-12-33-27(36)29(2)16-21-20-14-24(38-3)22(30)15-23(20)31-25(21)26(34(29)28(33)37)18-5-4-6-19(35)13-18/h4-6,13-15,17,26,31,35H,7-12,16H2,1-3H3/t26-,29+/m1/s1. The van der Waals surface area contributed by atoms with Gasteiger partial charge in [-0.05, 0) is 68.1 Å². The molecule has 8 nitrogen and oxygen atoms in total. The van der Waals surface area contributed by atoms with Gasteiger partial charge in [0.1, 0.15) is 17.3 Å². The average Bonchev–Trinajstić information content (AvgIpc) is 3.32. The first kappa shape index (κ1) is 24.7. The van der Waals surface area contributed by atoms with Gasteiger partial charge in [-0.15, -0.1) is 0 Å². The van der Waals surface area contributed by atoms with Gasteiger partial charge in [0.2, 0.25) is 0 Å². The first-order valence-corrected chi connectivity index (χ1v) is 13.3. The fourth-order valence-electron chi connectivity index (χ4n) is 6.44. The molecule has 200 valence electrons. The molecule has 2 fully saturated rings. The third-order valence-electron chi connectivity index (χ3n) is 8.64. The molecular formula is C29H33FN4O4. The van der Waals surface area contributed by atoms with Crippen molar-refractivity contribution in [1.82, 2.24) is 19.7 Å². The number of amides is 3. The first-order valence-electron chi connectivity index (χ1n) is 13.3. The number of fused-ring (bicyclic) bond motifs is 4. The topological polar surface area (TPSA) is 89.1 Å². The number of aromatic nitrogens is 1. The van der Waals surface area contributed by atoms with Gasteiger partial charge < -0.3 is 19.7 Å². The zero-order chi connectivity index (χ0) is 26.8. The molecule has 2 atom stereocenters. The Labute approximate surface area is 221 Å². The van der Waals surface area contributed by atoms with Crippen molar-refractivity contribution in [3.8, 4) is 11.5 Å². The van der Waals surface area contributed by atoms with Crippen LogP contribution in [0, 0.1) is 11.7 Å². The van der Waals surface area contributed by atoms with Gasteiger partial charge in [-0.25, -0.2) is 9.18 Å². The van der Waals surface area contributed by atoms with Crippen LogP contribution < -0.4 is 4.74 Å². The number of carbonyl (C=O) groups excluding carboxylic acids is 2. The zero-order valence-corrected chi connectivity index (χ0v) is 22.0. The van der Waals surface area contributed by atoms with E-state index in [9.17, 15) is 19.1 Å². The fraction of sp³-hybridized carbons (Fsp3) is 0.448. The van der Waals surface area contributed by atoms with E-state index in [4.69, 9.17) is 4.74 Å². The maximum absolute atomic E-state index is 14.6. The molecule has 2 N–H and O–H groups in total. The number of imide groups is 1. The Morgan fingerprint density at radius 2 is 1.92 bits per heavy atom. The SMILES string of the molecule is COc1cc2c3c([nH]c2cc1F)[C@@H](c1cccc(O)c1)N1C(=O)N(CCN2CCC(C)CC2)C(=O)[C@]1(C)C3. The highest BCUT2D eigenvalue weighted by Crippen LogP contribution is 2.49. The summed E-state index contributed by atoms with van der Waals surface area (Å²) >= 11 is 0. The van der Waals surface area contributed by atoms with Gasteiger partial charge in [-0.1, -0.05) is 19.1 Å². The van der Waals surface area contributed by atoms with Gasteiger partial charge in [0.15, 0.2) is 11.6 Å². The fourth-order valence-corrected chi connectivity index (χ4v) is 6.44. The lowest BCUT2D eigenvalue weighted by molar-refractivity contribution is -0.133. The largest absolute Gasteiger partial charge is 0.508 e. The summed E-state index contributed by atoms with van der Waals surface area (Å²) in [5, 5.41) is 11.1. The second-order valence-electron chi connectivity index (χ2n) is 11.1. The van der Waals surface area contributed by atoms with Gasteiger partial charge in [0.25, 0.3) is 5.91 Å². The van der Waals surface area contributed by atoms with E-state index in [1.165, 1.54) is 18.1 Å². The van der Waals surface area contributed by atoms with Crippen LogP contribution in [0.4, 0.5) is 9.18 Å². The highest BCUT2D eigenvalue weighted by atomic mass is 19.1. The molecule has 0 bridgehead atoms. The number of methoxy groups -OCH3 is 1. The average molecular weight is 521 g/mol. The van der Waals surface area contributed by atoms with Crippen molar-refractivity contribution in [3.05, 3.63) is 59.0 Å². The van der Waals surface area contributed by atoms with Crippen molar-refractivity contribution < 1.29 is 23.8 Å². The summed E-state index contributed by atoms with van der Waals surface area (Å²) in [6.45, 7) is 6.99. The second-order valence-corrected chi connectivity index (χ2v) is 11.1. The van der Waals surface area contributed by atoms with Gasteiger partial charge in [0.05, 0.1) is 7.11 Å². The third-order valence-corrected chi connectivity index (χ3v) is 8.64. The van der Waals surface area contributed by atoms with Gasteiger partial charge >= 0.3 is 6.03 Å². The molecule has 9 heteroatoms. The predicted molar refractivity (Wildman–Crippen MR) is 141 cm³/mol. The zero-order valence-electron chi connectivity index (χ0n) is 22.0. The molecule has 0 radical (unpaired) electrons. The van der Waals surface area contributed by atoms with E-state index in [0.29, 0.717) is 35.8 Å². The summed E-state index contributed by atoms with van der Waals surface area (Å²) in [6.07, 6.45) is 2.53. The summed E-state index contributed by atoms with van der Waals surface area (Å²) in [5.41, 5.74) is 1.67. The Balaban J connectivity index is 1.43. The maximum atomic E-state index is 14.6. The number of nitrogens with zero attached hydrogens (tertiary/aromatic N) is 3. The van der Waals surface area contributed by atoms with Crippen molar-refractivity contribution in [2.24, 2.45) is 5.92 Å². The number of phenols is 1. The van der Waals surface area contributed by atoms with Crippen LogP contribution in [0.25, 0.3) is 10.9 Å². The highest BCUT2D eigenvalue weighted by molar-refractivity contribution is 6.08. The van der Waals surface area contributed by atoms with Crippen LogP contribution in [0.2, 0.25) is 0 Å². The second kappa shape index (κ2) is 9.01. The number of hydrogen-bond acceptors (Lipinski definition) is 5. The monoisotopic (exact) mass is 520 g/mol. The van der Waals surface area contributed by atoms with E-state index in [-0.39, 0.29) is 29.9 Å². The molecule has 0 aliphatic carbocycles. The Bertz CT molecular complexity index is 1430. The molecule has 6 rings (SSSR count). The molecule has 1 aromatic heterocycles. The van der Waals surface area contributed by atoms with Crippen LogP contribution in [0.15, 0.2) is 36.4 Å². The normalized spacial score (nSPS) is 24.3. The number of likely N-dealkylation sites (tertiary alicyclic amines) is 1. The molecule has 3 amide bonds. The van der Waals surface area contributed by atoms with Gasteiger partial charge in [-0.3, -0.25) is 14.6 Å². The van der Waals surface area contributed by atoms with Crippen molar-refractivity contribution >= 4 is 22.8 Å². The molecule has 0 spiro atoms. The van der Waals surface area contributed by atoms with Crippen LogP contribution in [0.5, 0.6) is 11.5 Å². The van der Waals surface area contributed by atoms with E-state index in [1.54, 1.807) is 29.2 Å². The molecule has 3 aromatic rings. The minimum absolute atomic E-state index is 0.0642. The Hall–Kier alpha value is -3.59. The number of H-pyrrole nitrogens is 1. The lowest BCUT2D eigenvalue weighted by Gasteiger charge is -2.42. The number of halogens is 1. The molecule has 0 unspecified atom stereocenters.